The number of carbonyl (C=O) groups is 1. The lowest BCUT2D eigenvalue weighted by atomic mass is 9.90. The average Bonchev–Trinajstić information content (AvgIpc) is 3.59. The van der Waals surface area contributed by atoms with Crippen LogP contribution in [0.5, 0.6) is 0 Å². The fourth-order valence-corrected chi connectivity index (χ4v) is 4.39. The molecule has 2 aromatic rings. The van der Waals surface area contributed by atoms with E-state index < -0.39 is 60.0 Å². The number of halogens is 7. The predicted octanol–water partition coefficient (Wildman–Crippen LogP) is 6.39. The van der Waals surface area contributed by atoms with E-state index in [0.29, 0.717) is 24.0 Å². The van der Waals surface area contributed by atoms with Gasteiger partial charge in [0.25, 0.3) is 0 Å². The van der Waals surface area contributed by atoms with E-state index in [9.17, 15) is 45.9 Å². The van der Waals surface area contributed by atoms with Crippen molar-refractivity contribution in [3.8, 4) is 17.2 Å². The smallest absolute Gasteiger partial charge is 0.385 e. The molecule has 0 radical (unpaired) electrons. The van der Waals surface area contributed by atoms with Crippen LogP contribution in [-0.4, -0.2) is 40.6 Å². The SMILES string of the molecule is CC(C)(F)C[C@H](N[C@@H](c1ccc(-c2ccc([C@](C)(O)CC(F)(F)F)cc2)cc1)C(F)(F)F)C(=O)NC1(C#N)CC1. The van der Waals surface area contributed by atoms with Crippen molar-refractivity contribution in [2.45, 2.75) is 87.7 Å². The summed E-state index contributed by atoms with van der Waals surface area (Å²) in [5.41, 5.74) is -4.59. The summed E-state index contributed by atoms with van der Waals surface area (Å²) < 4.78 is 95.2. The maximum atomic E-state index is 14.5. The highest BCUT2D eigenvalue weighted by Gasteiger charge is 2.48. The van der Waals surface area contributed by atoms with Crippen LogP contribution in [0.3, 0.4) is 0 Å². The summed E-state index contributed by atoms with van der Waals surface area (Å²) >= 11 is 0. The molecule has 3 N–H and O–H groups in total. The Balaban J connectivity index is 1.83. The van der Waals surface area contributed by atoms with Gasteiger partial charge in [-0.1, -0.05) is 48.5 Å². The van der Waals surface area contributed by atoms with Gasteiger partial charge in [-0.15, -0.1) is 0 Å². The predicted molar refractivity (Wildman–Crippen MR) is 133 cm³/mol. The highest BCUT2D eigenvalue weighted by atomic mass is 19.4. The summed E-state index contributed by atoms with van der Waals surface area (Å²) in [5.74, 6) is -0.905. The Labute approximate surface area is 227 Å². The van der Waals surface area contributed by atoms with Crippen LogP contribution in [0.15, 0.2) is 48.5 Å². The maximum Gasteiger partial charge on any atom is 0.407 e. The lowest BCUT2D eigenvalue weighted by Gasteiger charge is -2.30. The van der Waals surface area contributed by atoms with Crippen molar-refractivity contribution in [1.82, 2.24) is 10.6 Å². The number of alkyl halides is 7. The van der Waals surface area contributed by atoms with Gasteiger partial charge in [-0.2, -0.15) is 31.6 Å². The van der Waals surface area contributed by atoms with Gasteiger partial charge in [0.1, 0.15) is 17.2 Å². The van der Waals surface area contributed by atoms with Crippen LogP contribution in [0, 0.1) is 11.3 Å². The van der Waals surface area contributed by atoms with Crippen LogP contribution in [0.1, 0.15) is 63.6 Å². The quantitative estimate of drug-likeness (QED) is 0.288. The number of carbonyl (C=O) groups excluding carboxylic acids is 1. The molecule has 3 rings (SSSR count). The zero-order chi connectivity index (χ0) is 30.1. The molecular weight excluding hydrogens is 543 g/mol. The molecule has 0 spiro atoms. The van der Waals surface area contributed by atoms with E-state index in [4.69, 9.17) is 0 Å². The van der Waals surface area contributed by atoms with Gasteiger partial charge in [-0.05, 0) is 55.9 Å². The van der Waals surface area contributed by atoms with Crippen molar-refractivity contribution in [2.75, 3.05) is 0 Å². The first kappa shape index (κ1) is 31.4. The van der Waals surface area contributed by atoms with Crippen molar-refractivity contribution >= 4 is 5.91 Å². The number of nitrogens with zero attached hydrogens (tertiary/aromatic N) is 1. The fraction of sp³-hybridized carbons (Fsp3) is 0.500. The Hall–Kier alpha value is -3.17. The van der Waals surface area contributed by atoms with Crippen LogP contribution in [0.25, 0.3) is 11.1 Å². The van der Waals surface area contributed by atoms with Gasteiger partial charge in [0, 0.05) is 6.42 Å². The molecular formula is C28H30F7N3O2. The number of nitriles is 1. The molecule has 5 nitrogen and oxygen atoms in total. The van der Waals surface area contributed by atoms with E-state index in [0.717, 1.165) is 20.8 Å². The summed E-state index contributed by atoms with van der Waals surface area (Å²) in [4.78, 5) is 12.8. The van der Waals surface area contributed by atoms with E-state index >= 15 is 0 Å². The van der Waals surface area contributed by atoms with Crippen molar-refractivity contribution in [2.24, 2.45) is 0 Å². The lowest BCUT2D eigenvalue weighted by molar-refractivity contribution is -0.174. The van der Waals surface area contributed by atoms with Gasteiger partial charge < -0.3 is 10.4 Å². The van der Waals surface area contributed by atoms with E-state index in [2.05, 4.69) is 10.6 Å². The molecule has 0 aliphatic heterocycles. The Morgan fingerprint density at radius 3 is 1.85 bits per heavy atom. The topological polar surface area (TPSA) is 85.2 Å². The monoisotopic (exact) mass is 573 g/mol. The van der Waals surface area contributed by atoms with Crippen LogP contribution in [0.4, 0.5) is 30.7 Å². The zero-order valence-corrected chi connectivity index (χ0v) is 22.1. The Kier molecular flexibility index (Phi) is 8.63. The summed E-state index contributed by atoms with van der Waals surface area (Å²) in [5, 5.41) is 24.1. The molecule has 0 unspecified atom stereocenters. The van der Waals surface area contributed by atoms with Crippen LogP contribution in [-0.2, 0) is 10.4 Å². The molecule has 12 heteroatoms. The first-order valence-corrected chi connectivity index (χ1v) is 12.5. The van der Waals surface area contributed by atoms with E-state index in [1.807, 2.05) is 6.07 Å². The number of nitrogens with one attached hydrogen (secondary N) is 2. The largest absolute Gasteiger partial charge is 0.407 e. The van der Waals surface area contributed by atoms with E-state index in [1.165, 1.54) is 48.5 Å². The number of aliphatic hydroxyl groups is 1. The van der Waals surface area contributed by atoms with Gasteiger partial charge in [-0.3, -0.25) is 10.1 Å². The zero-order valence-electron chi connectivity index (χ0n) is 22.1. The van der Waals surface area contributed by atoms with Gasteiger partial charge in [0.05, 0.1) is 24.1 Å². The van der Waals surface area contributed by atoms with E-state index in [-0.39, 0.29) is 11.1 Å². The first-order chi connectivity index (χ1) is 18.2. The van der Waals surface area contributed by atoms with Crippen LogP contribution in [0.2, 0.25) is 0 Å². The third-order valence-electron chi connectivity index (χ3n) is 6.66. The third kappa shape index (κ3) is 8.41. The maximum absolute atomic E-state index is 14.5. The van der Waals surface area contributed by atoms with Crippen molar-refractivity contribution < 1.29 is 40.6 Å². The molecule has 0 saturated heterocycles. The standard InChI is InChI=1S/C28H30F7N3O2/c1-24(2,29)14-21(23(39)38-26(16-36)12-13-26)37-22(28(33,34)35)19-6-4-17(5-7-19)18-8-10-20(11-9-18)25(3,40)15-27(30,31)32/h4-11,21-22,37,40H,12-15H2,1-3H3,(H,38,39)/t21-,22-,25+/m0/s1. The number of hydrogen-bond acceptors (Lipinski definition) is 4. The molecule has 1 aliphatic rings. The van der Waals surface area contributed by atoms with Gasteiger partial charge >= 0.3 is 12.4 Å². The summed E-state index contributed by atoms with van der Waals surface area (Å²) in [6, 6.07) is 8.62. The van der Waals surface area contributed by atoms with Crippen molar-refractivity contribution in [3.05, 3.63) is 59.7 Å². The Morgan fingerprint density at radius 2 is 1.45 bits per heavy atom. The summed E-state index contributed by atoms with van der Waals surface area (Å²) in [6.07, 6.45) is -10.8. The number of benzene rings is 2. The number of hydrogen-bond donors (Lipinski definition) is 3. The molecule has 0 heterocycles. The molecule has 1 fully saturated rings. The average molecular weight is 574 g/mol. The van der Waals surface area contributed by atoms with Crippen LogP contribution < -0.4 is 10.6 Å². The molecule has 218 valence electrons. The molecule has 40 heavy (non-hydrogen) atoms. The third-order valence-corrected chi connectivity index (χ3v) is 6.66. The molecule has 1 aliphatic carbocycles. The molecule has 0 bridgehead atoms. The molecule has 3 atom stereocenters. The second kappa shape index (κ2) is 11.0. The minimum atomic E-state index is -4.86. The minimum absolute atomic E-state index is 0.0241. The Bertz CT molecular complexity index is 1220. The molecule has 2 aromatic carbocycles. The van der Waals surface area contributed by atoms with Crippen molar-refractivity contribution in [3.63, 3.8) is 0 Å². The highest BCUT2D eigenvalue weighted by Crippen LogP contribution is 2.38. The van der Waals surface area contributed by atoms with Gasteiger partial charge in [0.15, 0.2) is 0 Å². The summed E-state index contributed by atoms with van der Waals surface area (Å²) in [6.45, 7) is 3.31. The van der Waals surface area contributed by atoms with Crippen molar-refractivity contribution in [1.29, 1.82) is 5.26 Å². The summed E-state index contributed by atoms with van der Waals surface area (Å²) in [7, 11) is 0. The number of amides is 1. The van der Waals surface area contributed by atoms with E-state index in [1.54, 1.807) is 0 Å². The second-order valence-corrected chi connectivity index (χ2v) is 11.1. The van der Waals surface area contributed by atoms with Crippen LogP contribution >= 0.6 is 0 Å². The molecule has 1 saturated carbocycles. The highest BCUT2D eigenvalue weighted by molar-refractivity contribution is 5.83. The number of rotatable bonds is 10. The van der Waals surface area contributed by atoms with Gasteiger partial charge in [0.2, 0.25) is 5.91 Å². The Morgan fingerprint density at radius 1 is 0.950 bits per heavy atom. The fourth-order valence-electron chi connectivity index (χ4n) is 4.39. The normalized spacial score (nSPS) is 18.2. The van der Waals surface area contributed by atoms with Gasteiger partial charge in [-0.25, -0.2) is 4.39 Å². The lowest BCUT2D eigenvalue weighted by Crippen LogP contribution is -2.53. The second-order valence-electron chi connectivity index (χ2n) is 11.1. The molecule has 0 aromatic heterocycles. The minimum Gasteiger partial charge on any atom is -0.385 e. The first-order valence-electron chi connectivity index (χ1n) is 12.5. The molecule has 1 amide bonds.